The van der Waals surface area contributed by atoms with Crippen LogP contribution in [0, 0.1) is 0 Å². The Balaban J connectivity index is 2.46. The Morgan fingerprint density at radius 1 is 1.33 bits per heavy atom. The fourth-order valence-corrected chi connectivity index (χ4v) is 1.35. The van der Waals surface area contributed by atoms with Crippen LogP contribution in [-0.4, -0.2) is 24.6 Å². The van der Waals surface area contributed by atoms with Gasteiger partial charge in [0.2, 0.25) is 0 Å². The van der Waals surface area contributed by atoms with Crippen LogP contribution in [0.4, 0.5) is 10.5 Å². The molecule has 2 N–H and O–H groups in total. The van der Waals surface area contributed by atoms with Crippen molar-refractivity contribution in [1.29, 1.82) is 0 Å². The number of esters is 1. The third-order valence-corrected chi connectivity index (χ3v) is 2.34. The van der Waals surface area contributed by atoms with Crippen molar-refractivity contribution < 1.29 is 14.3 Å². The highest BCUT2D eigenvalue weighted by Gasteiger charge is 2.16. The number of ether oxygens (including phenoxy) is 1. The van der Waals surface area contributed by atoms with Crippen molar-refractivity contribution in [3.8, 4) is 0 Å². The Bertz CT molecular complexity index is 420. The lowest BCUT2D eigenvalue weighted by Crippen LogP contribution is -2.41. The first kappa shape index (κ1) is 14.3. The van der Waals surface area contributed by atoms with Gasteiger partial charge in [-0.05, 0) is 38.1 Å². The summed E-state index contributed by atoms with van der Waals surface area (Å²) in [6.45, 7) is 3.54. The molecule has 0 heterocycles. The Morgan fingerprint density at radius 2 is 1.94 bits per heavy atom. The van der Waals surface area contributed by atoms with E-state index in [0.29, 0.717) is 10.7 Å². The first-order valence-electron chi connectivity index (χ1n) is 5.52. The predicted molar refractivity (Wildman–Crippen MR) is 69.7 cm³/mol. The van der Waals surface area contributed by atoms with E-state index in [-0.39, 0.29) is 6.61 Å². The number of urea groups is 1. The summed E-state index contributed by atoms with van der Waals surface area (Å²) in [5, 5.41) is 5.63. The van der Waals surface area contributed by atoms with Crippen LogP contribution >= 0.6 is 11.6 Å². The molecule has 2 amide bonds. The number of benzene rings is 1. The van der Waals surface area contributed by atoms with Crippen molar-refractivity contribution in [2.24, 2.45) is 0 Å². The number of hydrogen-bond donors (Lipinski definition) is 2. The molecule has 1 aromatic rings. The second-order valence-corrected chi connectivity index (χ2v) is 4.02. The maximum atomic E-state index is 11.6. The number of amides is 2. The molecule has 0 fully saturated rings. The van der Waals surface area contributed by atoms with Crippen molar-refractivity contribution in [2.45, 2.75) is 19.9 Å². The van der Waals surface area contributed by atoms with Gasteiger partial charge in [0.15, 0.2) is 0 Å². The molecular weight excluding hydrogens is 256 g/mol. The van der Waals surface area contributed by atoms with Crippen molar-refractivity contribution in [3.05, 3.63) is 29.3 Å². The number of nitrogens with one attached hydrogen (secondary N) is 2. The van der Waals surface area contributed by atoms with E-state index in [2.05, 4.69) is 10.6 Å². The molecule has 1 rings (SSSR count). The van der Waals surface area contributed by atoms with E-state index in [4.69, 9.17) is 16.3 Å². The second-order valence-electron chi connectivity index (χ2n) is 3.58. The van der Waals surface area contributed by atoms with Gasteiger partial charge in [0, 0.05) is 10.7 Å². The van der Waals surface area contributed by atoms with Gasteiger partial charge in [0.25, 0.3) is 0 Å². The Kier molecular flexibility index (Phi) is 5.45. The first-order chi connectivity index (χ1) is 8.52. The lowest BCUT2D eigenvalue weighted by atomic mass is 10.3. The molecular formula is C12H15ClN2O3. The number of anilines is 1. The zero-order valence-electron chi connectivity index (χ0n) is 10.2. The summed E-state index contributed by atoms with van der Waals surface area (Å²) >= 11 is 5.72. The summed E-state index contributed by atoms with van der Waals surface area (Å²) in [6.07, 6.45) is 0. The van der Waals surface area contributed by atoms with Crippen LogP contribution in [0.5, 0.6) is 0 Å². The molecule has 0 saturated heterocycles. The van der Waals surface area contributed by atoms with Gasteiger partial charge in [-0.25, -0.2) is 9.59 Å². The van der Waals surface area contributed by atoms with E-state index in [1.165, 1.54) is 0 Å². The molecule has 0 aromatic heterocycles. The highest BCUT2D eigenvalue weighted by molar-refractivity contribution is 6.30. The minimum absolute atomic E-state index is 0.281. The maximum Gasteiger partial charge on any atom is 0.328 e. The predicted octanol–water partition coefficient (Wildman–Crippen LogP) is 2.41. The van der Waals surface area contributed by atoms with Gasteiger partial charge in [-0.15, -0.1) is 0 Å². The van der Waals surface area contributed by atoms with E-state index in [0.717, 1.165) is 0 Å². The van der Waals surface area contributed by atoms with Crippen molar-refractivity contribution >= 4 is 29.3 Å². The van der Waals surface area contributed by atoms with Crippen LogP contribution in [0.1, 0.15) is 13.8 Å². The average Bonchev–Trinajstić information content (AvgIpc) is 2.32. The van der Waals surface area contributed by atoms with Gasteiger partial charge in [-0.2, -0.15) is 0 Å². The number of hydrogen-bond acceptors (Lipinski definition) is 3. The van der Waals surface area contributed by atoms with Gasteiger partial charge in [-0.3, -0.25) is 0 Å². The topological polar surface area (TPSA) is 67.4 Å². The number of carbonyl (C=O) groups is 2. The minimum Gasteiger partial charge on any atom is -0.464 e. The van der Waals surface area contributed by atoms with Crippen LogP contribution in [0.3, 0.4) is 0 Å². The highest BCUT2D eigenvalue weighted by atomic mass is 35.5. The molecule has 0 aliphatic heterocycles. The molecule has 5 nitrogen and oxygen atoms in total. The number of carbonyl (C=O) groups excluding carboxylic acids is 2. The summed E-state index contributed by atoms with van der Waals surface area (Å²) in [6, 6.07) is 5.47. The van der Waals surface area contributed by atoms with Gasteiger partial charge < -0.3 is 15.4 Å². The molecule has 98 valence electrons. The Morgan fingerprint density at radius 3 is 2.50 bits per heavy atom. The van der Waals surface area contributed by atoms with Crippen LogP contribution in [0.2, 0.25) is 5.02 Å². The van der Waals surface area contributed by atoms with Crippen LogP contribution in [0.25, 0.3) is 0 Å². The average molecular weight is 271 g/mol. The molecule has 1 unspecified atom stereocenters. The fraction of sp³-hybridized carbons (Fsp3) is 0.333. The molecule has 18 heavy (non-hydrogen) atoms. The molecule has 0 aliphatic rings. The van der Waals surface area contributed by atoms with Gasteiger partial charge in [-0.1, -0.05) is 11.6 Å². The Hall–Kier alpha value is -1.75. The zero-order chi connectivity index (χ0) is 13.5. The van der Waals surface area contributed by atoms with Gasteiger partial charge >= 0.3 is 12.0 Å². The summed E-state index contributed by atoms with van der Waals surface area (Å²) in [4.78, 5) is 22.8. The third kappa shape index (κ3) is 4.63. The molecule has 0 radical (unpaired) electrons. The van der Waals surface area contributed by atoms with E-state index >= 15 is 0 Å². The smallest absolute Gasteiger partial charge is 0.328 e. The third-order valence-electron chi connectivity index (χ3n) is 2.09. The van der Waals surface area contributed by atoms with Crippen molar-refractivity contribution in [3.63, 3.8) is 0 Å². The van der Waals surface area contributed by atoms with Crippen LogP contribution < -0.4 is 10.6 Å². The van der Waals surface area contributed by atoms with E-state index in [1.807, 2.05) is 0 Å². The molecule has 0 saturated carbocycles. The molecule has 0 spiro atoms. The quantitative estimate of drug-likeness (QED) is 0.826. The number of rotatable bonds is 4. The molecule has 0 aliphatic carbocycles. The van der Waals surface area contributed by atoms with Gasteiger partial charge in [0.05, 0.1) is 6.61 Å². The molecule has 1 aromatic carbocycles. The second kappa shape index (κ2) is 6.86. The van der Waals surface area contributed by atoms with E-state index in [1.54, 1.807) is 38.1 Å². The van der Waals surface area contributed by atoms with Crippen LogP contribution in [-0.2, 0) is 9.53 Å². The van der Waals surface area contributed by atoms with Crippen LogP contribution in [0.15, 0.2) is 24.3 Å². The summed E-state index contributed by atoms with van der Waals surface area (Å²) in [5.41, 5.74) is 0.591. The zero-order valence-corrected chi connectivity index (χ0v) is 11.0. The van der Waals surface area contributed by atoms with Crippen molar-refractivity contribution in [2.75, 3.05) is 11.9 Å². The molecule has 0 bridgehead atoms. The normalized spacial score (nSPS) is 11.5. The van der Waals surface area contributed by atoms with E-state index in [9.17, 15) is 9.59 Å². The summed E-state index contributed by atoms with van der Waals surface area (Å²) in [5.74, 6) is -0.469. The molecule has 6 heteroatoms. The standard InChI is InChI=1S/C12H15ClN2O3/c1-3-18-11(16)8(2)14-12(17)15-10-6-4-9(13)5-7-10/h4-8H,3H2,1-2H3,(H2,14,15,17). The Labute approximate surface area is 110 Å². The monoisotopic (exact) mass is 270 g/mol. The summed E-state index contributed by atoms with van der Waals surface area (Å²) < 4.78 is 4.77. The van der Waals surface area contributed by atoms with Gasteiger partial charge in [0.1, 0.15) is 6.04 Å². The lowest BCUT2D eigenvalue weighted by Gasteiger charge is -2.13. The highest BCUT2D eigenvalue weighted by Crippen LogP contribution is 2.13. The SMILES string of the molecule is CCOC(=O)C(C)NC(=O)Nc1ccc(Cl)cc1. The van der Waals surface area contributed by atoms with Crippen molar-refractivity contribution in [1.82, 2.24) is 5.32 Å². The van der Waals surface area contributed by atoms with E-state index < -0.39 is 18.0 Å². The fourth-order valence-electron chi connectivity index (χ4n) is 1.22. The first-order valence-corrected chi connectivity index (χ1v) is 5.90. The lowest BCUT2D eigenvalue weighted by molar-refractivity contribution is -0.144. The minimum atomic E-state index is -0.697. The largest absolute Gasteiger partial charge is 0.464 e. The summed E-state index contributed by atoms with van der Waals surface area (Å²) in [7, 11) is 0. The maximum absolute atomic E-state index is 11.6. The number of halogens is 1. The molecule has 1 atom stereocenters.